The van der Waals surface area contributed by atoms with Gasteiger partial charge in [-0.2, -0.15) is 0 Å². The van der Waals surface area contributed by atoms with Gasteiger partial charge in [0.2, 0.25) is 0 Å². The van der Waals surface area contributed by atoms with Crippen molar-refractivity contribution in [1.29, 1.82) is 0 Å². The number of ether oxygens (including phenoxy) is 1. The molecule has 4 heteroatoms. The summed E-state index contributed by atoms with van der Waals surface area (Å²) in [4.78, 5) is 0. The number of nitrogens with one attached hydrogen (secondary N) is 2. The summed E-state index contributed by atoms with van der Waals surface area (Å²) in [6.45, 7) is 4.81. The Hall–Kier alpha value is -1.36. The fraction of sp³-hybridized carbons (Fsp3) is 0.400. The van der Waals surface area contributed by atoms with Gasteiger partial charge in [0.15, 0.2) is 0 Å². The zero-order valence-corrected chi connectivity index (χ0v) is 15.5. The first kappa shape index (κ1) is 17.5. The van der Waals surface area contributed by atoms with Crippen molar-refractivity contribution in [2.24, 2.45) is 5.92 Å². The Labute approximate surface area is 152 Å². The molecule has 1 heterocycles. The van der Waals surface area contributed by atoms with E-state index in [0.717, 1.165) is 42.3 Å². The number of hydrogen-bond donors (Lipinski definition) is 2. The number of rotatable bonds is 7. The summed E-state index contributed by atoms with van der Waals surface area (Å²) < 4.78 is 7.14. The second-order valence-electron chi connectivity index (χ2n) is 6.35. The highest BCUT2D eigenvalue weighted by Crippen LogP contribution is 2.24. The van der Waals surface area contributed by atoms with Gasteiger partial charge in [0, 0.05) is 16.6 Å². The topological polar surface area (TPSA) is 33.3 Å². The molecule has 3 rings (SSSR count). The van der Waals surface area contributed by atoms with E-state index in [2.05, 4.69) is 50.8 Å². The van der Waals surface area contributed by atoms with Crippen molar-refractivity contribution in [3.05, 3.63) is 64.1 Å². The Morgan fingerprint density at radius 3 is 2.67 bits per heavy atom. The normalized spacial score (nSPS) is 15.4. The summed E-state index contributed by atoms with van der Waals surface area (Å²) in [6, 6.07) is 16.5. The average molecular weight is 389 g/mol. The maximum Gasteiger partial charge on any atom is 0.124 e. The molecule has 1 aliphatic heterocycles. The van der Waals surface area contributed by atoms with Crippen LogP contribution >= 0.6 is 15.9 Å². The van der Waals surface area contributed by atoms with Crippen LogP contribution in [0.1, 0.15) is 24.0 Å². The lowest BCUT2D eigenvalue weighted by molar-refractivity contribution is 0.300. The summed E-state index contributed by atoms with van der Waals surface area (Å²) in [5, 5.41) is 7.03. The molecule has 0 radical (unpaired) electrons. The van der Waals surface area contributed by atoms with E-state index in [9.17, 15) is 0 Å². The molecule has 2 N–H and O–H groups in total. The van der Waals surface area contributed by atoms with Gasteiger partial charge in [-0.3, -0.25) is 0 Å². The molecule has 0 amide bonds. The van der Waals surface area contributed by atoms with Gasteiger partial charge in [-0.05, 0) is 62.2 Å². The minimum atomic E-state index is 0.601. The van der Waals surface area contributed by atoms with Crippen molar-refractivity contribution in [2.45, 2.75) is 26.0 Å². The number of hydrogen-bond acceptors (Lipinski definition) is 3. The Morgan fingerprint density at radius 2 is 1.88 bits per heavy atom. The summed E-state index contributed by atoms with van der Waals surface area (Å²) in [5.41, 5.74) is 2.39. The van der Waals surface area contributed by atoms with Crippen LogP contribution < -0.4 is 15.4 Å². The largest absolute Gasteiger partial charge is 0.489 e. The molecule has 1 aliphatic rings. The molecule has 128 valence electrons. The Balaban J connectivity index is 1.56. The van der Waals surface area contributed by atoms with E-state index in [1.165, 1.54) is 24.0 Å². The van der Waals surface area contributed by atoms with E-state index in [0.29, 0.717) is 6.61 Å². The van der Waals surface area contributed by atoms with Crippen LogP contribution in [0, 0.1) is 5.92 Å². The second kappa shape index (κ2) is 9.21. The van der Waals surface area contributed by atoms with E-state index in [1.807, 2.05) is 24.3 Å². The zero-order chi connectivity index (χ0) is 16.6. The Kier molecular flexibility index (Phi) is 6.70. The van der Waals surface area contributed by atoms with Crippen molar-refractivity contribution in [2.75, 3.05) is 19.6 Å². The first-order chi connectivity index (χ1) is 11.8. The van der Waals surface area contributed by atoms with Crippen LogP contribution in [0.25, 0.3) is 0 Å². The molecule has 3 nitrogen and oxygen atoms in total. The van der Waals surface area contributed by atoms with Crippen molar-refractivity contribution in [1.82, 2.24) is 10.6 Å². The number of piperidine rings is 1. The standard InChI is InChI=1S/C20H25BrN2O/c21-19-6-7-20(24-15-17-4-2-1-3-5-17)18(12-19)14-23-13-16-8-10-22-11-9-16/h1-7,12,16,22-23H,8-11,13-15H2. The quantitative estimate of drug-likeness (QED) is 0.748. The van der Waals surface area contributed by atoms with Gasteiger partial charge in [-0.15, -0.1) is 0 Å². The van der Waals surface area contributed by atoms with E-state index >= 15 is 0 Å². The van der Waals surface area contributed by atoms with E-state index in [4.69, 9.17) is 4.74 Å². The lowest BCUT2D eigenvalue weighted by Gasteiger charge is -2.23. The summed E-state index contributed by atoms with van der Waals surface area (Å²) in [5.74, 6) is 1.74. The maximum atomic E-state index is 6.05. The van der Waals surface area contributed by atoms with Crippen molar-refractivity contribution >= 4 is 15.9 Å². The van der Waals surface area contributed by atoms with Gasteiger partial charge in [-0.25, -0.2) is 0 Å². The lowest BCUT2D eigenvalue weighted by atomic mass is 9.98. The molecule has 1 saturated heterocycles. The first-order valence-electron chi connectivity index (χ1n) is 8.68. The molecular formula is C20H25BrN2O. The third kappa shape index (κ3) is 5.33. The molecule has 24 heavy (non-hydrogen) atoms. The Bertz CT molecular complexity index is 627. The summed E-state index contributed by atoms with van der Waals surface area (Å²) in [6.07, 6.45) is 2.53. The highest BCUT2D eigenvalue weighted by atomic mass is 79.9. The summed E-state index contributed by atoms with van der Waals surface area (Å²) >= 11 is 3.57. The van der Waals surface area contributed by atoms with E-state index in [1.54, 1.807) is 0 Å². The highest BCUT2D eigenvalue weighted by molar-refractivity contribution is 9.10. The van der Waals surface area contributed by atoms with Crippen LogP contribution in [0.4, 0.5) is 0 Å². The molecule has 2 aromatic rings. The van der Waals surface area contributed by atoms with Gasteiger partial charge >= 0.3 is 0 Å². The molecule has 2 aromatic carbocycles. The number of halogens is 1. The third-order valence-corrected chi connectivity index (χ3v) is 4.96. The predicted molar refractivity (Wildman–Crippen MR) is 102 cm³/mol. The van der Waals surface area contributed by atoms with Crippen molar-refractivity contribution in [3.8, 4) is 5.75 Å². The SMILES string of the molecule is Brc1ccc(OCc2ccccc2)c(CNCC2CCNCC2)c1. The lowest BCUT2D eigenvalue weighted by Crippen LogP contribution is -2.33. The fourth-order valence-corrected chi connectivity index (χ4v) is 3.47. The van der Waals surface area contributed by atoms with Gasteiger partial charge in [0.1, 0.15) is 12.4 Å². The van der Waals surface area contributed by atoms with E-state index < -0.39 is 0 Å². The average Bonchev–Trinajstić information content (AvgIpc) is 2.63. The second-order valence-corrected chi connectivity index (χ2v) is 7.27. The molecular weight excluding hydrogens is 364 g/mol. The molecule has 1 fully saturated rings. The van der Waals surface area contributed by atoms with Crippen LogP contribution in [-0.4, -0.2) is 19.6 Å². The van der Waals surface area contributed by atoms with Gasteiger partial charge in [0.05, 0.1) is 0 Å². The van der Waals surface area contributed by atoms with Crippen LogP contribution in [0.3, 0.4) is 0 Å². The van der Waals surface area contributed by atoms with Crippen LogP contribution in [-0.2, 0) is 13.2 Å². The van der Waals surface area contributed by atoms with Crippen LogP contribution in [0.5, 0.6) is 5.75 Å². The van der Waals surface area contributed by atoms with Gasteiger partial charge < -0.3 is 15.4 Å². The molecule has 0 saturated carbocycles. The molecule has 0 atom stereocenters. The molecule has 0 aromatic heterocycles. The first-order valence-corrected chi connectivity index (χ1v) is 9.47. The van der Waals surface area contributed by atoms with Crippen molar-refractivity contribution < 1.29 is 4.74 Å². The monoisotopic (exact) mass is 388 g/mol. The summed E-state index contributed by atoms with van der Waals surface area (Å²) in [7, 11) is 0. The molecule has 0 spiro atoms. The smallest absolute Gasteiger partial charge is 0.124 e. The zero-order valence-electron chi connectivity index (χ0n) is 13.9. The molecule has 0 unspecified atom stereocenters. The highest BCUT2D eigenvalue weighted by Gasteiger charge is 2.13. The minimum Gasteiger partial charge on any atom is -0.489 e. The third-order valence-electron chi connectivity index (χ3n) is 4.47. The molecule has 0 bridgehead atoms. The van der Waals surface area contributed by atoms with Gasteiger partial charge in [0.25, 0.3) is 0 Å². The van der Waals surface area contributed by atoms with E-state index in [-0.39, 0.29) is 0 Å². The predicted octanol–water partition coefficient (Wildman–Crippen LogP) is 4.12. The maximum absolute atomic E-state index is 6.05. The number of benzene rings is 2. The Morgan fingerprint density at radius 1 is 1.08 bits per heavy atom. The minimum absolute atomic E-state index is 0.601. The van der Waals surface area contributed by atoms with Crippen LogP contribution in [0.2, 0.25) is 0 Å². The molecule has 0 aliphatic carbocycles. The van der Waals surface area contributed by atoms with Gasteiger partial charge in [-0.1, -0.05) is 46.3 Å². The van der Waals surface area contributed by atoms with Crippen LogP contribution in [0.15, 0.2) is 53.0 Å². The van der Waals surface area contributed by atoms with Crippen molar-refractivity contribution in [3.63, 3.8) is 0 Å². The fourth-order valence-electron chi connectivity index (χ4n) is 3.06.